The summed E-state index contributed by atoms with van der Waals surface area (Å²) in [6.07, 6.45) is 4.14. The topological polar surface area (TPSA) is 60.0 Å². The van der Waals surface area contributed by atoms with Crippen LogP contribution in [0.25, 0.3) is 11.0 Å². The summed E-state index contributed by atoms with van der Waals surface area (Å²) in [6.45, 7) is 9.85. The summed E-state index contributed by atoms with van der Waals surface area (Å²) >= 11 is 0. The van der Waals surface area contributed by atoms with Gasteiger partial charge in [0.05, 0.1) is 5.39 Å². The highest BCUT2D eigenvalue weighted by molar-refractivity contribution is 5.90. The Kier molecular flexibility index (Phi) is 3.38. The van der Waals surface area contributed by atoms with Crippen molar-refractivity contribution in [3.63, 3.8) is 0 Å². The Balaban J connectivity index is 2.03. The number of aromatic nitrogens is 3. The van der Waals surface area contributed by atoms with E-state index in [0.29, 0.717) is 11.9 Å². The molecule has 5 heteroatoms. The SMILES string of the molecule is CCN1CCCC1Cn1c(C)c(C)c2c(N)ncnc21. The van der Waals surface area contributed by atoms with Crippen molar-refractivity contribution in [3.8, 4) is 0 Å². The van der Waals surface area contributed by atoms with Crippen molar-refractivity contribution in [2.24, 2.45) is 0 Å². The normalized spacial score (nSPS) is 20.1. The Labute approximate surface area is 119 Å². The van der Waals surface area contributed by atoms with Crippen molar-refractivity contribution in [1.82, 2.24) is 19.4 Å². The molecule has 0 amide bonds. The van der Waals surface area contributed by atoms with Gasteiger partial charge in [-0.2, -0.15) is 0 Å². The second-order valence-electron chi connectivity index (χ2n) is 5.70. The van der Waals surface area contributed by atoms with Crippen LogP contribution in [0, 0.1) is 13.8 Å². The molecule has 1 aliphatic rings. The van der Waals surface area contributed by atoms with Crippen molar-refractivity contribution < 1.29 is 0 Å². The van der Waals surface area contributed by atoms with Gasteiger partial charge in [-0.25, -0.2) is 9.97 Å². The lowest BCUT2D eigenvalue weighted by atomic mass is 10.2. The fraction of sp³-hybridized carbons (Fsp3) is 0.600. The monoisotopic (exact) mass is 273 g/mol. The summed E-state index contributed by atoms with van der Waals surface area (Å²) in [4.78, 5) is 11.2. The molecule has 2 aromatic rings. The number of nitrogens with zero attached hydrogens (tertiary/aromatic N) is 4. The number of hydrogen-bond acceptors (Lipinski definition) is 4. The molecule has 0 radical (unpaired) electrons. The minimum Gasteiger partial charge on any atom is -0.383 e. The van der Waals surface area contributed by atoms with Gasteiger partial charge in [0.25, 0.3) is 0 Å². The molecule has 1 unspecified atom stereocenters. The number of nitrogen functional groups attached to an aromatic ring is 1. The third kappa shape index (κ3) is 1.97. The van der Waals surface area contributed by atoms with E-state index in [1.165, 1.54) is 30.6 Å². The first kappa shape index (κ1) is 13.4. The van der Waals surface area contributed by atoms with Gasteiger partial charge in [0, 0.05) is 18.3 Å². The third-order valence-electron chi connectivity index (χ3n) is 4.73. The minimum absolute atomic E-state index is 0.591. The fourth-order valence-corrected chi connectivity index (χ4v) is 3.45. The Morgan fingerprint density at radius 1 is 1.35 bits per heavy atom. The number of likely N-dealkylation sites (N-methyl/N-ethyl adjacent to an activating group) is 1. The van der Waals surface area contributed by atoms with E-state index in [1.54, 1.807) is 6.33 Å². The van der Waals surface area contributed by atoms with Gasteiger partial charge in [0.1, 0.15) is 17.8 Å². The molecule has 3 heterocycles. The van der Waals surface area contributed by atoms with Crippen LogP contribution in [0.5, 0.6) is 0 Å². The van der Waals surface area contributed by atoms with E-state index in [9.17, 15) is 0 Å². The zero-order valence-electron chi connectivity index (χ0n) is 12.6. The molecule has 1 atom stereocenters. The van der Waals surface area contributed by atoms with Crippen LogP contribution in [0.2, 0.25) is 0 Å². The van der Waals surface area contributed by atoms with E-state index in [-0.39, 0.29) is 0 Å². The molecular formula is C15H23N5. The lowest BCUT2D eigenvalue weighted by Crippen LogP contribution is -2.33. The average Bonchev–Trinajstić information content (AvgIpc) is 2.98. The summed E-state index contributed by atoms with van der Waals surface area (Å²) in [7, 11) is 0. The van der Waals surface area contributed by atoms with E-state index >= 15 is 0 Å². The highest BCUT2D eigenvalue weighted by Crippen LogP contribution is 2.29. The maximum atomic E-state index is 6.03. The van der Waals surface area contributed by atoms with Crippen molar-refractivity contribution in [1.29, 1.82) is 0 Å². The van der Waals surface area contributed by atoms with E-state index in [2.05, 4.69) is 40.2 Å². The highest BCUT2D eigenvalue weighted by Gasteiger charge is 2.25. The van der Waals surface area contributed by atoms with Gasteiger partial charge in [-0.3, -0.25) is 4.90 Å². The first-order valence-electron chi connectivity index (χ1n) is 7.43. The van der Waals surface area contributed by atoms with Gasteiger partial charge >= 0.3 is 0 Å². The number of likely N-dealkylation sites (tertiary alicyclic amines) is 1. The summed E-state index contributed by atoms with van der Waals surface area (Å²) < 4.78 is 2.32. The standard InChI is InChI=1S/C15H23N5/c1-4-19-7-5-6-12(19)8-20-11(3)10(2)13-14(16)17-9-18-15(13)20/h9,12H,4-8H2,1-3H3,(H2,16,17,18). The molecule has 0 aromatic carbocycles. The Bertz CT molecular complexity index is 631. The molecular weight excluding hydrogens is 250 g/mol. The first-order chi connectivity index (χ1) is 9.63. The van der Waals surface area contributed by atoms with Crippen molar-refractivity contribution in [2.45, 2.75) is 46.2 Å². The summed E-state index contributed by atoms with van der Waals surface area (Å²) in [5, 5.41) is 1.02. The second kappa shape index (κ2) is 5.05. The molecule has 2 aromatic heterocycles. The third-order valence-corrected chi connectivity index (χ3v) is 4.73. The molecule has 1 aliphatic heterocycles. The zero-order chi connectivity index (χ0) is 14.3. The predicted molar refractivity (Wildman–Crippen MR) is 81.7 cm³/mol. The van der Waals surface area contributed by atoms with Crippen LogP contribution in [0.3, 0.4) is 0 Å². The number of rotatable bonds is 3. The summed E-state index contributed by atoms with van der Waals surface area (Å²) in [5.41, 5.74) is 9.47. The molecule has 108 valence electrons. The van der Waals surface area contributed by atoms with Crippen LogP contribution < -0.4 is 5.73 Å². The van der Waals surface area contributed by atoms with Crippen molar-refractivity contribution >= 4 is 16.9 Å². The van der Waals surface area contributed by atoms with Gasteiger partial charge in [-0.1, -0.05) is 6.92 Å². The van der Waals surface area contributed by atoms with E-state index in [1.807, 2.05) is 0 Å². The maximum absolute atomic E-state index is 6.03. The van der Waals surface area contributed by atoms with E-state index in [0.717, 1.165) is 24.1 Å². The molecule has 3 rings (SSSR count). The molecule has 0 spiro atoms. The number of nitrogens with two attached hydrogens (primary N) is 1. The number of anilines is 1. The Morgan fingerprint density at radius 3 is 2.90 bits per heavy atom. The van der Waals surface area contributed by atoms with Gasteiger partial charge in [-0.15, -0.1) is 0 Å². The van der Waals surface area contributed by atoms with E-state index < -0.39 is 0 Å². The van der Waals surface area contributed by atoms with Crippen LogP contribution in [0.1, 0.15) is 31.0 Å². The lowest BCUT2D eigenvalue weighted by Gasteiger charge is -2.24. The smallest absolute Gasteiger partial charge is 0.145 e. The van der Waals surface area contributed by atoms with Crippen molar-refractivity contribution in [3.05, 3.63) is 17.6 Å². The summed E-state index contributed by atoms with van der Waals surface area (Å²) in [5.74, 6) is 0.591. The average molecular weight is 273 g/mol. The van der Waals surface area contributed by atoms with Crippen LogP contribution >= 0.6 is 0 Å². The highest BCUT2D eigenvalue weighted by atomic mass is 15.2. The molecule has 0 saturated carbocycles. The van der Waals surface area contributed by atoms with E-state index in [4.69, 9.17) is 5.73 Å². The van der Waals surface area contributed by atoms with Gasteiger partial charge in [0.2, 0.25) is 0 Å². The maximum Gasteiger partial charge on any atom is 0.145 e. The largest absolute Gasteiger partial charge is 0.383 e. The van der Waals surface area contributed by atoms with Crippen LogP contribution in [-0.4, -0.2) is 38.6 Å². The molecule has 2 N–H and O–H groups in total. The van der Waals surface area contributed by atoms with Gasteiger partial charge in [-0.05, 0) is 45.3 Å². The zero-order valence-corrected chi connectivity index (χ0v) is 12.6. The quantitative estimate of drug-likeness (QED) is 0.930. The van der Waals surface area contributed by atoms with Crippen LogP contribution in [-0.2, 0) is 6.54 Å². The first-order valence-corrected chi connectivity index (χ1v) is 7.43. The Morgan fingerprint density at radius 2 is 2.15 bits per heavy atom. The molecule has 0 bridgehead atoms. The Hall–Kier alpha value is -1.62. The van der Waals surface area contributed by atoms with Crippen LogP contribution in [0.15, 0.2) is 6.33 Å². The number of aryl methyl sites for hydroxylation is 1. The fourth-order valence-electron chi connectivity index (χ4n) is 3.45. The second-order valence-corrected chi connectivity index (χ2v) is 5.70. The molecule has 1 fully saturated rings. The number of hydrogen-bond donors (Lipinski definition) is 1. The predicted octanol–water partition coefficient (Wildman–Crippen LogP) is 2.11. The number of fused-ring (bicyclic) bond motifs is 1. The lowest BCUT2D eigenvalue weighted by molar-refractivity contribution is 0.245. The van der Waals surface area contributed by atoms with Crippen molar-refractivity contribution in [2.75, 3.05) is 18.8 Å². The molecule has 5 nitrogen and oxygen atoms in total. The van der Waals surface area contributed by atoms with Gasteiger partial charge < -0.3 is 10.3 Å². The molecule has 20 heavy (non-hydrogen) atoms. The minimum atomic E-state index is 0.591. The molecule has 0 aliphatic carbocycles. The van der Waals surface area contributed by atoms with Gasteiger partial charge in [0.15, 0.2) is 0 Å². The molecule has 1 saturated heterocycles. The van der Waals surface area contributed by atoms with Crippen LogP contribution in [0.4, 0.5) is 5.82 Å². The summed E-state index contributed by atoms with van der Waals surface area (Å²) in [6, 6.07) is 0.616.